The zero-order chi connectivity index (χ0) is 7.11. The van der Waals surface area contributed by atoms with Crippen LogP contribution in [0.2, 0.25) is 0 Å². The monoisotopic (exact) mass is 148 g/mol. The fourth-order valence-corrected chi connectivity index (χ4v) is 0.717. The molecule has 0 saturated carbocycles. The SMILES string of the molecule is NC(=O)NCCCO[SiH3]. The van der Waals surface area contributed by atoms with Crippen molar-refractivity contribution in [1.29, 1.82) is 0 Å². The topological polar surface area (TPSA) is 64.4 Å². The van der Waals surface area contributed by atoms with Crippen molar-refractivity contribution in [2.24, 2.45) is 5.73 Å². The average Bonchev–Trinajstić information content (AvgIpc) is 1.80. The van der Waals surface area contributed by atoms with Gasteiger partial charge in [0, 0.05) is 13.2 Å². The van der Waals surface area contributed by atoms with Gasteiger partial charge in [-0.05, 0) is 6.42 Å². The molecule has 0 aliphatic rings. The molecule has 0 aromatic heterocycles. The molecule has 0 saturated heterocycles. The number of hydrogen-bond acceptors (Lipinski definition) is 2. The number of amides is 2. The first-order valence-corrected chi connectivity index (χ1v) is 3.61. The van der Waals surface area contributed by atoms with Crippen LogP contribution in [-0.2, 0) is 4.43 Å². The highest BCUT2D eigenvalue weighted by Gasteiger charge is 1.88. The number of carbonyl (C=O) groups excluding carboxylic acids is 1. The Morgan fingerprint density at radius 2 is 2.44 bits per heavy atom. The number of nitrogens with two attached hydrogens (primary N) is 1. The molecular weight excluding hydrogens is 136 g/mol. The molecule has 3 N–H and O–H groups in total. The molecule has 0 radical (unpaired) electrons. The first kappa shape index (κ1) is 8.45. The number of carbonyl (C=O) groups is 1. The largest absolute Gasteiger partial charge is 0.428 e. The predicted octanol–water partition coefficient (Wildman–Crippen LogP) is -1.66. The number of rotatable bonds is 4. The molecule has 2 amide bonds. The van der Waals surface area contributed by atoms with E-state index in [4.69, 9.17) is 10.2 Å². The maximum Gasteiger partial charge on any atom is 0.312 e. The van der Waals surface area contributed by atoms with Crippen LogP contribution in [0.3, 0.4) is 0 Å². The third-order valence-corrected chi connectivity index (χ3v) is 1.23. The Morgan fingerprint density at radius 1 is 1.78 bits per heavy atom. The van der Waals surface area contributed by atoms with Gasteiger partial charge in [0.05, 0.1) is 0 Å². The van der Waals surface area contributed by atoms with E-state index in [1.807, 2.05) is 0 Å². The highest BCUT2D eigenvalue weighted by atomic mass is 28.2. The lowest BCUT2D eigenvalue weighted by Crippen LogP contribution is -2.30. The molecule has 0 rings (SSSR count). The van der Waals surface area contributed by atoms with Crippen molar-refractivity contribution >= 4 is 16.5 Å². The molecule has 54 valence electrons. The lowest BCUT2D eigenvalue weighted by molar-refractivity contribution is 0.247. The highest BCUT2D eigenvalue weighted by Crippen LogP contribution is 1.74. The van der Waals surface area contributed by atoms with E-state index in [1.54, 1.807) is 0 Å². The minimum absolute atomic E-state index is 0.469. The van der Waals surface area contributed by atoms with Crippen LogP contribution in [-0.4, -0.2) is 29.7 Å². The summed E-state index contributed by atoms with van der Waals surface area (Å²) >= 11 is 0. The summed E-state index contributed by atoms with van der Waals surface area (Å²) in [5, 5.41) is 2.45. The van der Waals surface area contributed by atoms with Gasteiger partial charge in [0.1, 0.15) is 10.5 Å². The van der Waals surface area contributed by atoms with Crippen LogP contribution < -0.4 is 11.1 Å². The molecule has 0 bridgehead atoms. The Hall–Kier alpha value is -0.553. The molecule has 5 heteroatoms. The van der Waals surface area contributed by atoms with Gasteiger partial charge in [0.2, 0.25) is 0 Å². The van der Waals surface area contributed by atoms with E-state index in [2.05, 4.69) is 5.32 Å². The Labute approximate surface area is 57.3 Å². The Bertz CT molecular complexity index is 88.6. The fourth-order valence-electron chi connectivity index (χ4n) is 0.428. The summed E-state index contributed by atoms with van der Waals surface area (Å²) in [6.45, 7) is 1.32. The molecule has 0 aromatic rings. The minimum atomic E-state index is -0.469. The van der Waals surface area contributed by atoms with Gasteiger partial charge in [-0.1, -0.05) is 0 Å². The second-order valence-corrected chi connectivity index (χ2v) is 2.21. The highest BCUT2D eigenvalue weighted by molar-refractivity contribution is 5.97. The van der Waals surface area contributed by atoms with Crippen LogP contribution in [0.15, 0.2) is 0 Å². The molecule has 9 heavy (non-hydrogen) atoms. The van der Waals surface area contributed by atoms with Crippen LogP contribution in [0, 0.1) is 0 Å². The summed E-state index contributed by atoms with van der Waals surface area (Å²) in [5.41, 5.74) is 4.79. The van der Waals surface area contributed by atoms with Crippen molar-refractivity contribution in [3.05, 3.63) is 0 Å². The number of primary amides is 1. The first-order chi connectivity index (χ1) is 4.27. The Morgan fingerprint density at radius 3 is 2.89 bits per heavy atom. The summed E-state index contributed by atoms with van der Waals surface area (Å²) in [6.07, 6.45) is 0.840. The third-order valence-electron chi connectivity index (χ3n) is 0.824. The Balaban J connectivity index is 2.83. The summed E-state index contributed by atoms with van der Waals surface area (Å²) in [4.78, 5) is 10.0. The van der Waals surface area contributed by atoms with E-state index in [0.717, 1.165) is 16.9 Å². The second-order valence-electron chi connectivity index (χ2n) is 1.64. The maximum absolute atomic E-state index is 10.0. The standard InChI is InChI=1S/C4H12N2O2Si/c5-4(7)6-2-1-3-8-9/h1-3H2,9H3,(H3,5,6,7). The van der Waals surface area contributed by atoms with Gasteiger partial charge in [0.25, 0.3) is 0 Å². The van der Waals surface area contributed by atoms with Crippen LogP contribution in [0.5, 0.6) is 0 Å². The number of nitrogens with one attached hydrogen (secondary N) is 1. The van der Waals surface area contributed by atoms with Crippen molar-refractivity contribution in [3.8, 4) is 0 Å². The maximum atomic E-state index is 10.0. The first-order valence-electron chi connectivity index (χ1n) is 2.79. The number of urea groups is 1. The van der Waals surface area contributed by atoms with E-state index in [0.29, 0.717) is 13.2 Å². The van der Waals surface area contributed by atoms with E-state index in [-0.39, 0.29) is 0 Å². The van der Waals surface area contributed by atoms with Crippen LogP contribution in [0.1, 0.15) is 6.42 Å². The van der Waals surface area contributed by atoms with Crippen molar-refractivity contribution in [3.63, 3.8) is 0 Å². The van der Waals surface area contributed by atoms with Gasteiger partial charge in [-0.25, -0.2) is 4.79 Å². The molecule has 0 aliphatic carbocycles. The summed E-state index contributed by atoms with van der Waals surface area (Å²) < 4.78 is 4.87. The zero-order valence-electron chi connectivity index (χ0n) is 5.52. The lowest BCUT2D eigenvalue weighted by Gasteiger charge is -1.99. The van der Waals surface area contributed by atoms with Gasteiger partial charge in [0.15, 0.2) is 0 Å². The van der Waals surface area contributed by atoms with E-state index >= 15 is 0 Å². The van der Waals surface area contributed by atoms with Crippen LogP contribution in [0.25, 0.3) is 0 Å². The van der Waals surface area contributed by atoms with E-state index in [1.165, 1.54) is 0 Å². The molecular formula is C4H12N2O2Si. The van der Waals surface area contributed by atoms with Crippen molar-refractivity contribution in [2.45, 2.75) is 6.42 Å². The second kappa shape index (κ2) is 5.58. The summed E-state index contributed by atoms with van der Waals surface area (Å²) in [5.74, 6) is 0. The molecule has 0 aromatic carbocycles. The van der Waals surface area contributed by atoms with Crippen LogP contribution >= 0.6 is 0 Å². The molecule has 4 nitrogen and oxygen atoms in total. The van der Waals surface area contributed by atoms with E-state index in [9.17, 15) is 4.79 Å². The van der Waals surface area contributed by atoms with Gasteiger partial charge in [-0.3, -0.25) is 0 Å². The fraction of sp³-hybridized carbons (Fsp3) is 0.750. The summed E-state index contributed by atoms with van der Waals surface area (Å²) in [6, 6.07) is -0.469. The number of hydrogen-bond donors (Lipinski definition) is 2. The minimum Gasteiger partial charge on any atom is -0.428 e. The Kier molecular flexibility index (Phi) is 5.24. The molecule has 0 heterocycles. The molecule has 0 fully saturated rings. The predicted molar refractivity (Wildman–Crippen MR) is 38.1 cm³/mol. The third kappa shape index (κ3) is 7.45. The van der Waals surface area contributed by atoms with Crippen molar-refractivity contribution in [1.82, 2.24) is 5.32 Å². The van der Waals surface area contributed by atoms with Gasteiger partial charge in [-0.2, -0.15) is 0 Å². The van der Waals surface area contributed by atoms with Crippen molar-refractivity contribution < 1.29 is 9.22 Å². The summed E-state index contributed by atoms with van der Waals surface area (Å²) in [7, 11) is 0.758. The molecule has 0 aliphatic heterocycles. The zero-order valence-corrected chi connectivity index (χ0v) is 7.52. The molecule has 0 unspecified atom stereocenters. The molecule has 0 spiro atoms. The van der Waals surface area contributed by atoms with Gasteiger partial charge < -0.3 is 15.5 Å². The quantitative estimate of drug-likeness (QED) is 0.370. The van der Waals surface area contributed by atoms with Crippen molar-refractivity contribution in [2.75, 3.05) is 13.2 Å². The normalized spacial score (nSPS) is 9.33. The van der Waals surface area contributed by atoms with Crippen LogP contribution in [0.4, 0.5) is 4.79 Å². The molecule has 0 atom stereocenters. The average molecular weight is 148 g/mol. The van der Waals surface area contributed by atoms with E-state index < -0.39 is 6.03 Å². The van der Waals surface area contributed by atoms with Gasteiger partial charge in [-0.15, -0.1) is 0 Å². The lowest BCUT2D eigenvalue weighted by atomic mass is 10.4. The smallest absolute Gasteiger partial charge is 0.312 e. The van der Waals surface area contributed by atoms with Gasteiger partial charge >= 0.3 is 6.03 Å².